The molecule has 1 aliphatic carbocycles. The zero-order valence-corrected chi connectivity index (χ0v) is 11.0. The first kappa shape index (κ1) is 13.1. The van der Waals surface area contributed by atoms with Crippen LogP contribution in [0.4, 0.5) is 0 Å². The Hall–Kier alpha value is -1.35. The van der Waals surface area contributed by atoms with Crippen molar-refractivity contribution in [2.75, 3.05) is 6.54 Å². The molecule has 0 spiro atoms. The molecular weight excluding hydrogens is 226 g/mol. The average Bonchev–Trinajstić information content (AvgIpc) is 3.17. The van der Waals surface area contributed by atoms with Crippen LogP contribution in [0.5, 0.6) is 0 Å². The van der Waals surface area contributed by atoms with E-state index in [1.807, 2.05) is 25.1 Å². The summed E-state index contributed by atoms with van der Waals surface area (Å²) in [4.78, 5) is 11.9. The molecule has 2 N–H and O–H groups in total. The molecule has 0 aliphatic heterocycles. The van der Waals surface area contributed by atoms with Crippen molar-refractivity contribution in [2.45, 2.75) is 38.2 Å². The van der Waals surface area contributed by atoms with E-state index in [4.69, 9.17) is 0 Å². The van der Waals surface area contributed by atoms with Crippen LogP contribution in [0.1, 0.15) is 38.2 Å². The minimum atomic E-state index is -0.799. The molecule has 1 saturated carbocycles. The van der Waals surface area contributed by atoms with Crippen LogP contribution < -0.4 is 5.32 Å². The molecule has 3 nitrogen and oxygen atoms in total. The van der Waals surface area contributed by atoms with Crippen molar-refractivity contribution >= 4 is 5.91 Å². The Kier molecular flexibility index (Phi) is 3.71. The molecular formula is C15H21NO2. The minimum Gasteiger partial charge on any atom is -0.388 e. The van der Waals surface area contributed by atoms with Crippen LogP contribution in [0.15, 0.2) is 30.3 Å². The fraction of sp³-hybridized carbons (Fsp3) is 0.533. The van der Waals surface area contributed by atoms with E-state index in [1.165, 1.54) is 5.56 Å². The lowest BCUT2D eigenvalue weighted by Crippen LogP contribution is -2.40. The van der Waals surface area contributed by atoms with E-state index in [1.54, 1.807) is 6.92 Å². The van der Waals surface area contributed by atoms with Crippen LogP contribution >= 0.6 is 0 Å². The van der Waals surface area contributed by atoms with Gasteiger partial charge in [-0.25, -0.2) is 0 Å². The summed E-state index contributed by atoms with van der Waals surface area (Å²) in [6.45, 7) is 3.99. The Morgan fingerprint density at radius 2 is 2.11 bits per heavy atom. The van der Waals surface area contributed by atoms with Gasteiger partial charge in [-0.2, -0.15) is 0 Å². The van der Waals surface area contributed by atoms with Crippen LogP contribution in [0.3, 0.4) is 0 Å². The molecule has 0 bridgehead atoms. The van der Waals surface area contributed by atoms with Gasteiger partial charge in [-0.15, -0.1) is 0 Å². The normalized spacial score (nSPS) is 25.3. The molecule has 3 atom stereocenters. The maximum Gasteiger partial charge on any atom is 0.223 e. The molecule has 18 heavy (non-hydrogen) atoms. The number of hydrogen-bond donors (Lipinski definition) is 2. The fourth-order valence-corrected chi connectivity index (χ4v) is 2.09. The second-order valence-electron chi connectivity index (χ2n) is 5.43. The Morgan fingerprint density at radius 3 is 2.72 bits per heavy atom. The third kappa shape index (κ3) is 3.10. The zero-order valence-electron chi connectivity index (χ0n) is 11.0. The molecule has 0 saturated heterocycles. The largest absolute Gasteiger partial charge is 0.388 e. The quantitative estimate of drug-likeness (QED) is 0.837. The summed E-state index contributed by atoms with van der Waals surface area (Å²) in [6, 6.07) is 10.1. The van der Waals surface area contributed by atoms with Crippen molar-refractivity contribution in [3.8, 4) is 0 Å². The van der Waals surface area contributed by atoms with Crippen molar-refractivity contribution in [1.82, 2.24) is 5.32 Å². The average molecular weight is 247 g/mol. The summed E-state index contributed by atoms with van der Waals surface area (Å²) in [5.41, 5.74) is 0.437. The third-order valence-corrected chi connectivity index (χ3v) is 3.76. The van der Waals surface area contributed by atoms with Gasteiger partial charge < -0.3 is 10.4 Å². The molecule has 2 rings (SSSR count). The van der Waals surface area contributed by atoms with E-state index < -0.39 is 5.60 Å². The number of hydrogen-bond acceptors (Lipinski definition) is 2. The van der Waals surface area contributed by atoms with Gasteiger partial charge in [0.2, 0.25) is 5.91 Å². The first-order valence-corrected chi connectivity index (χ1v) is 6.58. The second-order valence-corrected chi connectivity index (χ2v) is 5.43. The van der Waals surface area contributed by atoms with Gasteiger partial charge >= 0.3 is 0 Å². The summed E-state index contributed by atoms with van der Waals surface area (Å²) in [5.74, 6) is 0.510. The summed E-state index contributed by atoms with van der Waals surface area (Å²) in [6.07, 6.45) is 1.56. The van der Waals surface area contributed by atoms with E-state index in [9.17, 15) is 9.90 Å². The maximum absolute atomic E-state index is 11.9. The Labute approximate surface area is 108 Å². The van der Waals surface area contributed by atoms with Gasteiger partial charge in [0.05, 0.1) is 5.60 Å². The van der Waals surface area contributed by atoms with Crippen LogP contribution in [0.25, 0.3) is 0 Å². The van der Waals surface area contributed by atoms with Crippen LogP contribution in [-0.4, -0.2) is 23.2 Å². The summed E-state index contributed by atoms with van der Waals surface area (Å²) < 4.78 is 0. The SMILES string of the molecule is CCC(C)(O)CNC(=O)C1CC1c1ccccc1. The summed E-state index contributed by atoms with van der Waals surface area (Å²) in [5, 5.41) is 12.7. The highest BCUT2D eigenvalue weighted by atomic mass is 16.3. The monoisotopic (exact) mass is 247 g/mol. The van der Waals surface area contributed by atoms with Crippen LogP contribution in [0, 0.1) is 5.92 Å². The number of rotatable bonds is 5. The molecule has 98 valence electrons. The smallest absolute Gasteiger partial charge is 0.223 e. The van der Waals surface area contributed by atoms with E-state index in [-0.39, 0.29) is 11.8 Å². The van der Waals surface area contributed by atoms with Crippen LogP contribution in [0.2, 0.25) is 0 Å². The Balaban J connectivity index is 1.83. The van der Waals surface area contributed by atoms with Gasteiger partial charge in [0.15, 0.2) is 0 Å². The zero-order chi connectivity index (χ0) is 13.2. The summed E-state index contributed by atoms with van der Waals surface area (Å²) in [7, 11) is 0. The molecule has 1 aromatic carbocycles. The predicted octanol–water partition coefficient (Wildman–Crippen LogP) is 2.07. The number of amides is 1. The third-order valence-electron chi connectivity index (χ3n) is 3.76. The first-order chi connectivity index (χ1) is 8.53. The number of aliphatic hydroxyl groups is 1. The highest BCUT2D eigenvalue weighted by Gasteiger charge is 2.43. The van der Waals surface area contributed by atoms with Crippen molar-refractivity contribution in [3.63, 3.8) is 0 Å². The van der Waals surface area contributed by atoms with E-state index in [0.717, 1.165) is 6.42 Å². The second kappa shape index (κ2) is 5.11. The van der Waals surface area contributed by atoms with Gasteiger partial charge in [0, 0.05) is 12.5 Å². The van der Waals surface area contributed by atoms with Crippen molar-refractivity contribution in [3.05, 3.63) is 35.9 Å². The maximum atomic E-state index is 11.9. The predicted molar refractivity (Wildman–Crippen MR) is 71.2 cm³/mol. The molecule has 0 heterocycles. The number of nitrogens with one attached hydrogen (secondary N) is 1. The summed E-state index contributed by atoms with van der Waals surface area (Å²) >= 11 is 0. The molecule has 1 fully saturated rings. The van der Waals surface area contributed by atoms with Gasteiger partial charge in [0.1, 0.15) is 0 Å². The fourth-order valence-electron chi connectivity index (χ4n) is 2.09. The molecule has 1 aliphatic rings. The number of carbonyl (C=O) groups excluding carboxylic acids is 1. The highest BCUT2D eigenvalue weighted by Crippen LogP contribution is 2.47. The van der Waals surface area contributed by atoms with Crippen molar-refractivity contribution in [1.29, 1.82) is 0 Å². The highest BCUT2D eigenvalue weighted by molar-refractivity contribution is 5.82. The lowest BCUT2D eigenvalue weighted by Gasteiger charge is -2.21. The molecule has 1 aromatic rings. The molecule has 0 aromatic heterocycles. The Morgan fingerprint density at radius 1 is 1.44 bits per heavy atom. The topological polar surface area (TPSA) is 49.3 Å². The lowest BCUT2D eigenvalue weighted by molar-refractivity contribution is -0.123. The number of carbonyl (C=O) groups is 1. The van der Waals surface area contributed by atoms with Gasteiger partial charge in [-0.05, 0) is 31.2 Å². The minimum absolute atomic E-state index is 0.0672. The molecule has 3 unspecified atom stereocenters. The Bertz CT molecular complexity index is 414. The molecule has 3 heteroatoms. The van der Waals surface area contributed by atoms with Crippen molar-refractivity contribution in [2.24, 2.45) is 5.92 Å². The number of benzene rings is 1. The van der Waals surface area contributed by atoms with Crippen LogP contribution in [-0.2, 0) is 4.79 Å². The first-order valence-electron chi connectivity index (χ1n) is 6.58. The lowest BCUT2D eigenvalue weighted by atomic mass is 10.0. The standard InChI is InChI=1S/C15H21NO2/c1-3-15(2,18)10-16-14(17)13-9-12(13)11-7-5-4-6-8-11/h4-8,12-13,18H,3,9-10H2,1-2H3,(H,16,17). The molecule has 0 radical (unpaired) electrons. The van der Waals surface area contributed by atoms with Gasteiger partial charge in [-0.1, -0.05) is 37.3 Å². The molecule has 1 amide bonds. The van der Waals surface area contributed by atoms with Crippen molar-refractivity contribution < 1.29 is 9.90 Å². The van der Waals surface area contributed by atoms with Gasteiger partial charge in [-0.3, -0.25) is 4.79 Å². The van der Waals surface area contributed by atoms with E-state index >= 15 is 0 Å². The van der Waals surface area contributed by atoms with E-state index in [0.29, 0.717) is 18.9 Å². The van der Waals surface area contributed by atoms with Gasteiger partial charge in [0.25, 0.3) is 0 Å². The van der Waals surface area contributed by atoms with E-state index in [2.05, 4.69) is 17.4 Å².